The quantitative estimate of drug-likeness (QED) is 0.205. The third kappa shape index (κ3) is 9.22. The lowest BCUT2D eigenvalue weighted by molar-refractivity contribution is -0.120. The summed E-state index contributed by atoms with van der Waals surface area (Å²) in [6, 6.07) is 26.7. The summed E-state index contributed by atoms with van der Waals surface area (Å²) in [7, 11) is -3.88. The van der Waals surface area contributed by atoms with Gasteiger partial charge in [-0.2, -0.15) is 4.31 Å². The molecule has 3 aromatic carbocycles. The van der Waals surface area contributed by atoms with Gasteiger partial charge in [0, 0.05) is 24.2 Å². The first-order valence-corrected chi connectivity index (χ1v) is 15.5. The molecule has 1 aromatic heterocycles. The number of nitrogens with zero attached hydrogens (tertiary/aromatic N) is 2. The molecule has 1 heterocycles. The molecule has 4 rings (SSSR count). The third-order valence-electron chi connectivity index (χ3n) is 6.39. The Morgan fingerprint density at radius 1 is 0.860 bits per heavy atom. The summed E-state index contributed by atoms with van der Waals surface area (Å²) >= 11 is 5.99. The monoisotopic (exact) mass is 619 g/mol. The smallest absolute Gasteiger partial charge is 0.408 e. The van der Waals surface area contributed by atoms with Crippen LogP contribution in [0.2, 0.25) is 5.02 Å². The average molecular weight is 620 g/mol. The molecule has 0 radical (unpaired) electrons. The van der Waals surface area contributed by atoms with E-state index in [1.54, 1.807) is 99.8 Å². The maximum Gasteiger partial charge on any atom is 0.408 e. The first kappa shape index (κ1) is 31.9. The van der Waals surface area contributed by atoms with Gasteiger partial charge in [-0.05, 0) is 73.9 Å². The van der Waals surface area contributed by atoms with Crippen LogP contribution >= 0.6 is 11.6 Å². The van der Waals surface area contributed by atoms with E-state index in [4.69, 9.17) is 16.3 Å². The fourth-order valence-electron chi connectivity index (χ4n) is 4.34. The molecule has 224 valence electrons. The van der Waals surface area contributed by atoms with E-state index >= 15 is 0 Å². The molecule has 0 fully saturated rings. The second kappa shape index (κ2) is 13.9. The number of aromatic nitrogens is 1. The van der Waals surface area contributed by atoms with Crippen LogP contribution in [0.1, 0.15) is 49.2 Å². The largest absolute Gasteiger partial charge is 0.444 e. The zero-order chi connectivity index (χ0) is 31.0. The van der Waals surface area contributed by atoms with E-state index in [1.165, 1.54) is 16.4 Å². The number of rotatable bonds is 11. The van der Waals surface area contributed by atoms with Gasteiger partial charge in [0.1, 0.15) is 11.6 Å². The Morgan fingerprint density at radius 3 is 2.09 bits per heavy atom. The van der Waals surface area contributed by atoms with E-state index < -0.39 is 27.8 Å². The van der Waals surface area contributed by atoms with Crippen LogP contribution < -0.4 is 5.32 Å². The van der Waals surface area contributed by atoms with Gasteiger partial charge in [0.25, 0.3) is 0 Å². The topological polar surface area (TPSA) is 106 Å². The van der Waals surface area contributed by atoms with Crippen LogP contribution in [-0.2, 0) is 39.1 Å². The summed E-state index contributed by atoms with van der Waals surface area (Å²) in [5, 5.41) is 3.15. The van der Waals surface area contributed by atoms with Crippen LogP contribution in [0.5, 0.6) is 0 Å². The Kier molecular flexibility index (Phi) is 10.3. The molecule has 1 amide bonds. The SMILES string of the molecule is CC(C)(C)OC(=O)N[C@@H](C(=O)Cc1ccc(CN(Cc2ccccn2)S(=O)(=O)c2ccc(Cl)cc2)cc1)c1ccccc1. The lowest BCUT2D eigenvalue weighted by Gasteiger charge is -2.23. The Balaban J connectivity index is 1.52. The van der Waals surface area contributed by atoms with Crippen molar-refractivity contribution in [2.45, 2.75) is 56.8 Å². The van der Waals surface area contributed by atoms with Crippen LogP contribution in [0.25, 0.3) is 0 Å². The minimum atomic E-state index is -3.88. The number of nitrogens with one attached hydrogen (secondary N) is 1. The van der Waals surface area contributed by atoms with E-state index in [9.17, 15) is 18.0 Å². The van der Waals surface area contributed by atoms with E-state index in [2.05, 4.69) is 10.3 Å². The fraction of sp³-hybridized carbons (Fsp3) is 0.242. The van der Waals surface area contributed by atoms with Crippen LogP contribution in [0.4, 0.5) is 4.79 Å². The van der Waals surface area contributed by atoms with Crippen LogP contribution in [0.3, 0.4) is 0 Å². The van der Waals surface area contributed by atoms with E-state index in [1.807, 2.05) is 12.1 Å². The Labute approximate surface area is 257 Å². The van der Waals surface area contributed by atoms with Crippen LogP contribution in [0, 0.1) is 0 Å². The number of carbonyl (C=O) groups excluding carboxylic acids is 2. The number of carbonyl (C=O) groups is 2. The molecule has 4 aromatic rings. The number of sulfonamides is 1. The Bertz CT molecular complexity index is 1620. The molecule has 43 heavy (non-hydrogen) atoms. The minimum Gasteiger partial charge on any atom is -0.444 e. The second-order valence-corrected chi connectivity index (χ2v) is 13.4. The zero-order valence-electron chi connectivity index (χ0n) is 24.2. The van der Waals surface area contributed by atoms with Gasteiger partial charge in [0.2, 0.25) is 10.0 Å². The second-order valence-electron chi connectivity index (χ2n) is 11.0. The third-order valence-corrected chi connectivity index (χ3v) is 8.45. The predicted molar refractivity (Wildman–Crippen MR) is 166 cm³/mol. The number of benzene rings is 3. The van der Waals surface area contributed by atoms with Crippen molar-refractivity contribution in [1.29, 1.82) is 0 Å². The first-order valence-electron chi connectivity index (χ1n) is 13.7. The standard InChI is InChI=1S/C33H34ClN3O5S/c1-33(2,3)42-32(39)36-31(26-9-5-4-6-10-26)30(38)21-24-12-14-25(15-13-24)22-37(23-28-11-7-8-20-35-28)43(40,41)29-18-16-27(34)17-19-29/h4-20,31H,21-23H2,1-3H3,(H,36,39)/t31-/m1/s1. The van der Waals surface area contributed by atoms with Gasteiger partial charge in [-0.1, -0.05) is 72.3 Å². The first-order chi connectivity index (χ1) is 20.4. The number of alkyl carbamates (subject to hydrolysis) is 1. The van der Waals surface area contributed by atoms with Crippen molar-refractivity contribution >= 4 is 33.5 Å². The van der Waals surface area contributed by atoms with Crippen LogP contribution in [-0.4, -0.2) is 35.2 Å². The average Bonchev–Trinajstić information content (AvgIpc) is 2.97. The minimum absolute atomic E-state index is 0.0519. The van der Waals surface area contributed by atoms with Crippen molar-refractivity contribution in [1.82, 2.24) is 14.6 Å². The van der Waals surface area contributed by atoms with E-state index in [0.29, 0.717) is 16.3 Å². The van der Waals surface area contributed by atoms with Crippen molar-refractivity contribution in [3.05, 3.63) is 131 Å². The number of ether oxygens (including phenoxy) is 1. The number of amides is 1. The summed E-state index contributed by atoms with van der Waals surface area (Å²) in [4.78, 5) is 30.4. The maximum atomic E-state index is 13.6. The number of hydrogen-bond acceptors (Lipinski definition) is 6. The van der Waals surface area contributed by atoms with Crippen molar-refractivity contribution < 1.29 is 22.7 Å². The zero-order valence-corrected chi connectivity index (χ0v) is 25.8. The Morgan fingerprint density at radius 2 is 1.49 bits per heavy atom. The molecule has 0 bridgehead atoms. The van der Waals surface area contributed by atoms with Gasteiger partial charge in [-0.25, -0.2) is 13.2 Å². The fourth-order valence-corrected chi connectivity index (χ4v) is 5.87. The molecule has 0 aliphatic carbocycles. The molecule has 10 heteroatoms. The summed E-state index contributed by atoms with van der Waals surface area (Å²) in [5.74, 6) is -0.216. The molecule has 0 saturated heterocycles. The van der Waals surface area contributed by atoms with E-state index in [0.717, 1.165) is 11.1 Å². The highest BCUT2D eigenvalue weighted by Gasteiger charge is 2.27. The van der Waals surface area contributed by atoms with Crippen molar-refractivity contribution in [2.24, 2.45) is 0 Å². The van der Waals surface area contributed by atoms with E-state index in [-0.39, 0.29) is 30.2 Å². The number of Topliss-reactive ketones (excluding diaryl/α,β-unsaturated/α-hetero) is 1. The highest BCUT2D eigenvalue weighted by molar-refractivity contribution is 7.89. The number of pyridine rings is 1. The number of ketones is 1. The van der Waals surface area contributed by atoms with Crippen LogP contribution in [0.15, 0.2) is 108 Å². The highest BCUT2D eigenvalue weighted by Crippen LogP contribution is 2.23. The summed E-state index contributed by atoms with van der Waals surface area (Å²) in [6.07, 6.45) is 0.991. The van der Waals surface area contributed by atoms with Gasteiger partial charge in [0.15, 0.2) is 5.78 Å². The highest BCUT2D eigenvalue weighted by atomic mass is 35.5. The van der Waals surface area contributed by atoms with Gasteiger partial charge in [-0.3, -0.25) is 9.78 Å². The lowest BCUT2D eigenvalue weighted by Crippen LogP contribution is -2.38. The summed E-state index contributed by atoms with van der Waals surface area (Å²) < 4.78 is 34.0. The molecular weight excluding hydrogens is 586 g/mol. The van der Waals surface area contributed by atoms with Gasteiger partial charge in [-0.15, -0.1) is 0 Å². The summed E-state index contributed by atoms with van der Waals surface area (Å²) in [5.41, 5.74) is 1.99. The molecule has 0 saturated carbocycles. The normalized spacial score (nSPS) is 12.5. The molecule has 0 spiro atoms. The molecule has 1 atom stereocenters. The molecule has 0 aliphatic heterocycles. The number of halogens is 1. The molecular formula is C33H34ClN3O5S. The molecule has 0 unspecified atom stereocenters. The van der Waals surface area contributed by atoms with Crippen molar-refractivity contribution in [2.75, 3.05) is 0 Å². The van der Waals surface area contributed by atoms with Gasteiger partial charge >= 0.3 is 6.09 Å². The number of hydrogen-bond donors (Lipinski definition) is 1. The summed E-state index contributed by atoms with van der Waals surface area (Å²) in [6.45, 7) is 5.42. The van der Waals surface area contributed by atoms with Gasteiger partial charge < -0.3 is 10.1 Å². The predicted octanol–water partition coefficient (Wildman–Crippen LogP) is 6.50. The molecule has 0 aliphatic rings. The Hall–Kier alpha value is -4.05. The van der Waals surface area contributed by atoms with Crippen molar-refractivity contribution in [3.8, 4) is 0 Å². The van der Waals surface area contributed by atoms with Crippen molar-refractivity contribution in [3.63, 3.8) is 0 Å². The molecule has 1 N–H and O–H groups in total. The van der Waals surface area contributed by atoms with Gasteiger partial charge in [0.05, 0.1) is 17.1 Å². The maximum absolute atomic E-state index is 13.6. The lowest BCUT2D eigenvalue weighted by atomic mass is 9.97. The molecule has 8 nitrogen and oxygen atoms in total.